The standard InChI is InChI=1S/C22H21N5O2S/c1-4-27-22(24-25-26-27)30-19-12-17(20(28)16-8-6-5-7-15(16)19)21(29)23-18-11-13(2)9-10-14(18)3/h5-12,28H,4H2,1-3H3,(H,23,29). The Morgan fingerprint density at radius 2 is 1.90 bits per heavy atom. The van der Waals surface area contributed by atoms with E-state index in [0.717, 1.165) is 27.1 Å². The van der Waals surface area contributed by atoms with Crippen molar-refractivity contribution in [2.75, 3.05) is 5.32 Å². The molecule has 1 amide bonds. The van der Waals surface area contributed by atoms with Gasteiger partial charge in [-0.05, 0) is 71.6 Å². The quantitative estimate of drug-likeness (QED) is 0.492. The molecular formula is C22H21N5O2S. The summed E-state index contributed by atoms with van der Waals surface area (Å²) < 4.78 is 1.68. The number of amides is 1. The number of phenols is 1. The molecular weight excluding hydrogens is 398 g/mol. The van der Waals surface area contributed by atoms with Crippen LogP contribution in [0.5, 0.6) is 5.75 Å². The van der Waals surface area contributed by atoms with E-state index in [1.54, 1.807) is 16.8 Å². The Labute approximate surface area is 178 Å². The van der Waals surface area contributed by atoms with Crippen LogP contribution in [0.2, 0.25) is 0 Å². The predicted octanol–water partition coefficient (Wildman–Crippen LogP) is 4.57. The molecule has 4 aromatic rings. The van der Waals surface area contributed by atoms with Crippen molar-refractivity contribution in [3.8, 4) is 5.75 Å². The highest BCUT2D eigenvalue weighted by Gasteiger charge is 2.20. The first kappa shape index (κ1) is 19.9. The van der Waals surface area contributed by atoms with E-state index in [-0.39, 0.29) is 17.2 Å². The van der Waals surface area contributed by atoms with Crippen molar-refractivity contribution in [1.29, 1.82) is 0 Å². The summed E-state index contributed by atoms with van der Waals surface area (Å²) >= 11 is 1.36. The monoisotopic (exact) mass is 419 g/mol. The highest BCUT2D eigenvalue weighted by Crippen LogP contribution is 2.39. The van der Waals surface area contributed by atoms with Gasteiger partial charge in [0.1, 0.15) is 5.75 Å². The minimum absolute atomic E-state index is 0.0483. The summed E-state index contributed by atoms with van der Waals surface area (Å²) in [6, 6.07) is 15.0. The zero-order valence-corrected chi connectivity index (χ0v) is 17.7. The summed E-state index contributed by atoms with van der Waals surface area (Å²) in [6.45, 7) is 6.49. The number of carbonyl (C=O) groups is 1. The van der Waals surface area contributed by atoms with Crippen molar-refractivity contribution in [1.82, 2.24) is 20.2 Å². The Morgan fingerprint density at radius 3 is 2.67 bits per heavy atom. The first-order chi connectivity index (χ1) is 14.5. The number of benzene rings is 3. The molecule has 0 saturated heterocycles. The Morgan fingerprint density at radius 1 is 1.13 bits per heavy atom. The molecule has 8 heteroatoms. The van der Waals surface area contributed by atoms with Crippen LogP contribution in [-0.2, 0) is 6.54 Å². The number of phenolic OH excluding ortho intramolecular Hbond substituents is 1. The summed E-state index contributed by atoms with van der Waals surface area (Å²) in [7, 11) is 0. The Bertz CT molecular complexity index is 1250. The van der Waals surface area contributed by atoms with Crippen LogP contribution in [0.25, 0.3) is 10.8 Å². The van der Waals surface area contributed by atoms with Crippen molar-refractivity contribution in [3.05, 3.63) is 65.2 Å². The van der Waals surface area contributed by atoms with Crippen molar-refractivity contribution in [2.45, 2.75) is 37.4 Å². The minimum Gasteiger partial charge on any atom is -0.506 e. The van der Waals surface area contributed by atoms with Crippen LogP contribution in [0.3, 0.4) is 0 Å². The SMILES string of the molecule is CCn1nnnc1Sc1cc(C(=O)Nc2cc(C)ccc2C)c(O)c2ccccc12. The molecule has 7 nitrogen and oxygen atoms in total. The van der Waals surface area contributed by atoms with Crippen LogP contribution in [0.4, 0.5) is 5.69 Å². The van der Waals surface area contributed by atoms with E-state index in [1.165, 1.54) is 11.8 Å². The zero-order valence-electron chi connectivity index (χ0n) is 16.9. The van der Waals surface area contributed by atoms with Gasteiger partial charge in [0.25, 0.3) is 5.91 Å². The second-order valence-electron chi connectivity index (χ2n) is 6.97. The Hall–Kier alpha value is -3.39. The second kappa shape index (κ2) is 8.16. The number of aromatic nitrogens is 4. The van der Waals surface area contributed by atoms with Gasteiger partial charge in [0.2, 0.25) is 5.16 Å². The molecule has 1 heterocycles. The Kier molecular flexibility index (Phi) is 5.41. The lowest BCUT2D eigenvalue weighted by molar-refractivity contribution is 0.102. The van der Waals surface area contributed by atoms with E-state index in [1.807, 2.05) is 57.2 Å². The largest absolute Gasteiger partial charge is 0.506 e. The molecule has 0 aliphatic carbocycles. The van der Waals surface area contributed by atoms with Crippen LogP contribution >= 0.6 is 11.8 Å². The first-order valence-corrected chi connectivity index (χ1v) is 10.4. The van der Waals surface area contributed by atoms with Crippen molar-refractivity contribution in [2.24, 2.45) is 0 Å². The van der Waals surface area contributed by atoms with Crippen LogP contribution in [-0.4, -0.2) is 31.2 Å². The molecule has 0 saturated carbocycles. The fraction of sp³-hybridized carbons (Fsp3) is 0.182. The number of aromatic hydroxyl groups is 1. The number of tetrazole rings is 1. The van der Waals surface area contributed by atoms with Gasteiger partial charge < -0.3 is 10.4 Å². The lowest BCUT2D eigenvalue weighted by Crippen LogP contribution is -2.13. The van der Waals surface area contributed by atoms with E-state index < -0.39 is 0 Å². The first-order valence-electron chi connectivity index (χ1n) is 9.55. The van der Waals surface area contributed by atoms with E-state index in [2.05, 4.69) is 20.8 Å². The number of nitrogens with zero attached hydrogens (tertiary/aromatic N) is 4. The predicted molar refractivity (Wildman–Crippen MR) is 117 cm³/mol. The number of fused-ring (bicyclic) bond motifs is 1. The summed E-state index contributed by atoms with van der Waals surface area (Å²) in [6.07, 6.45) is 0. The van der Waals surface area contributed by atoms with Crippen LogP contribution < -0.4 is 5.32 Å². The molecule has 0 radical (unpaired) electrons. The molecule has 0 aliphatic rings. The highest BCUT2D eigenvalue weighted by atomic mass is 32.2. The average molecular weight is 420 g/mol. The number of nitrogens with one attached hydrogen (secondary N) is 1. The van der Waals surface area contributed by atoms with Gasteiger partial charge >= 0.3 is 0 Å². The minimum atomic E-state index is -0.371. The molecule has 0 aliphatic heterocycles. The number of anilines is 1. The van der Waals surface area contributed by atoms with Gasteiger partial charge in [-0.15, -0.1) is 5.10 Å². The van der Waals surface area contributed by atoms with Gasteiger partial charge in [-0.25, -0.2) is 4.68 Å². The third kappa shape index (κ3) is 3.73. The average Bonchev–Trinajstić information content (AvgIpc) is 3.20. The summed E-state index contributed by atoms with van der Waals surface area (Å²) in [5.41, 5.74) is 2.91. The zero-order chi connectivity index (χ0) is 21.3. The second-order valence-corrected chi connectivity index (χ2v) is 7.98. The fourth-order valence-corrected chi connectivity index (χ4v) is 4.22. The van der Waals surface area contributed by atoms with Gasteiger partial charge in [0, 0.05) is 22.5 Å². The molecule has 30 heavy (non-hydrogen) atoms. The lowest BCUT2D eigenvalue weighted by atomic mass is 10.0. The maximum atomic E-state index is 13.1. The molecule has 0 atom stereocenters. The molecule has 0 fully saturated rings. The van der Waals surface area contributed by atoms with Crippen molar-refractivity contribution in [3.63, 3.8) is 0 Å². The summed E-state index contributed by atoms with van der Waals surface area (Å²) in [4.78, 5) is 13.9. The maximum Gasteiger partial charge on any atom is 0.259 e. The van der Waals surface area contributed by atoms with Gasteiger partial charge in [-0.3, -0.25) is 4.79 Å². The van der Waals surface area contributed by atoms with Gasteiger partial charge in [0.05, 0.1) is 5.56 Å². The smallest absolute Gasteiger partial charge is 0.259 e. The number of aryl methyl sites for hydroxylation is 3. The van der Waals surface area contributed by atoms with E-state index in [9.17, 15) is 9.90 Å². The molecule has 1 aromatic heterocycles. The van der Waals surface area contributed by atoms with E-state index >= 15 is 0 Å². The normalized spacial score (nSPS) is 11.0. The number of carbonyl (C=O) groups excluding carboxylic acids is 1. The number of hydrogen-bond donors (Lipinski definition) is 2. The van der Waals surface area contributed by atoms with Gasteiger partial charge in [0.15, 0.2) is 0 Å². The number of hydrogen-bond acceptors (Lipinski definition) is 6. The highest BCUT2D eigenvalue weighted by molar-refractivity contribution is 7.99. The molecule has 0 unspecified atom stereocenters. The van der Waals surface area contributed by atoms with Crippen LogP contribution in [0, 0.1) is 13.8 Å². The molecule has 2 N–H and O–H groups in total. The molecule has 4 rings (SSSR count). The topological polar surface area (TPSA) is 92.9 Å². The van der Waals surface area contributed by atoms with Crippen LogP contribution in [0.1, 0.15) is 28.4 Å². The molecule has 152 valence electrons. The fourth-order valence-electron chi connectivity index (χ4n) is 3.21. The third-order valence-electron chi connectivity index (χ3n) is 4.86. The lowest BCUT2D eigenvalue weighted by Gasteiger charge is -2.14. The molecule has 3 aromatic carbocycles. The van der Waals surface area contributed by atoms with Gasteiger partial charge in [-0.2, -0.15) is 0 Å². The van der Waals surface area contributed by atoms with E-state index in [0.29, 0.717) is 17.1 Å². The maximum absolute atomic E-state index is 13.1. The van der Waals surface area contributed by atoms with Crippen molar-refractivity contribution < 1.29 is 9.90 Å². The third-order valence-corrected chi connectivity index (χ3v) is 5.90. The van der Waals surface area contributed by atoms with Gasteiger partial charge in [-0.1, -0.05) is 36.4 Å². The molecule has 0 bridgehead atoms. The van der Waals surface area contributed by atoms with Crippen LogP contribution in [0.15, 0.2) is 58.6 Å². The van der Waals surface area contributed by atoms with E-state index in [4.69, 9.17) is 0 Å². The number of rotatable bonds is 5. The Balaban J connectivity index is 1.79. The summed E-state index contributed by atoms with van der Waals surface area (Å²) in [5, 5.41) is 27.6. The summed E-state index contributed by atoms with van der Waals surface area (Å²) in [5.74, 6) is -0.420. The van der Waals surface area contributed by atoms with Crippen molar-refractivity contribution >= 4 is 34.1 Å². The molecule has 0 spiro atoms.